The second-order valence-corrected chi connectivity index (χ2v) is 4.43. The van der Waals surface area contributed by atoms with E-state index in [1.165, 1.54) is 12.0 Å². The standard InChI is InChI=1S/C14H19NO.H2O/c16-14-10-6-12-15(14)11-5-4-9-13-7-2-1-3-8-13;/h1-3,7-8H,4-6,9-12H2;1H2. The fraction of sp³-hybridized carbons (Fsp3) is 0.500. The van der Waals surface area contributed by atoms with Crippen molar-refractivity contribution in [2.75, 3.05) is 13.1 Å². The first kappa shape index (κ1) is 13.7. The molecule has 1 amide bonds. The molecule has 1 aromatic rings. The molecule has 0 bridgehead atoms. The van der Waals surface area contributed by atoms with Crippen LogP contribution in [0.1, 0.15) is 31.2 Å². The van der Waals surface area contributed by atoms with Crippen LogP contribution in [-0.4, -0.2) is 29.4 Å². The van der Waals surface area contributed by atoms with E-state index in [0.717, 1.165) is 38.8 Å². The van der Waals surface area contributed by atoms with Gasteiger partial charge >= 0.3 is 0 Å². The zero-order valence-corrected chi connectivity index (χ0v) is 10.2. The zero-order valence-electron chi connectivity index (χ0n) is 10.2. The van der Waals surface area contributed by atoms with E-state index in [0.29, 0.717) is 5.91 Å². The van der Waals surface area contributed by atoms with Gasteiger partial charge in [-0.05, 0) is 31.2 Å². The molecular weight excluding hydrogens is 214 g/mol. The molecule has 0 aliphatic carbocycles. The molecule has 0 spiro atoms. The molecule has 1 heterocycles. The number of nitrogens with zero attached hydrogens (tertiary/aromatic N) is 1. The molecule has 1 aromatic carbocycles. The lowest BCUT2D eigenvalue weighted by Gasteiger charge is -2.14. The number of benzene rings is 1. The average molecular weight is 235 g/mol. The molecular formula is C14H21NO2. The number of aryl methyl sites for hydroxylation is 1. The molecule has 0 radical (unpaired) electrons. The lowest BCUT2D eigenvalue weighted by Crippen LogP contribution is -2.25. The van der Waals surface area contributed by atoms with Crippen LogP contribution in [0.5, 0.6) is 0 Å². The summed E-state index contributed by atoms with van der Waals surface area (Å²) in [7, 11) is 0. The van der Waals surface area contributed by atoms with Crippen molar-refractivity contribution in [1.29, 1.82) is 0 Å². The van der Waals surface area contributed by atoms with Crippen LogP contribution >= 0.6 is 0 Å². The van der Waals surface area contributed by atoms with Crippen LogP contribution in [0.2, 0.25) is 0 Å². The van der Waals surface area contributed by atoms with Crippen molar-refractivity contribution in [3.63, 3.8) is 0 Å². The van der Waals surface area contributed by atoms with Gasteiger partial charge in [-0.15, -0.1) is 0 Å². The summed E-state index contributed by atoms with van der Waals surface area (Å²) in [6.07, 6.45) is 5.24. The molecule has 17 heavy (non-hydrogen) atoms. The summed E-state index contributed by atoms with van der Waals surface area (Å²) in [5.41, 5.74) is 1.40. The van der Waals surface area contributed by atoms with Crippen molar-refractivity contribution >= 4 is 5.91 Å². The lowest BCUT2D eigenvalue weighted by molar-refractivity contribution is -0.127. The highest BCUT2D eigenvalue weighted by atomic mass is 16.2. The van der Waals surface area contributed by atoms with E-state index in [9.17, 15) is 4.79 Å². The van der Waals surface area contributed by atoms with Crippen LogP contribution in [0, 0.1) is 0 Å². The number of likely N-dealkylation sites (tertiary alicyclic amines) is 1. The number of carbonyl (C=O) groups is 1. The van der Waals surface area contributed by atoms with Crippen LogP contribution in [-0.2, 0) is 11.2 Å². The van der Waals surface area contributed by atoms with Gasteiger partial charge in [-0.3, -0.25) is 4.79 Å². The van der Waals surface area contributed by atoms with Gasteiger partial charge in [-0.25, -0.2) is 0 Å². The van der Waals surface area contributed by atoms with E-state index in [2.05, 4.69) is 24.3 Å². The topological polar surface area (TPSA) is 51.8 Å². The van der Waals surface area contributed by atoms with E-state index in [1.807, 2.05) is 11.0 Å². The second-order valence-electron chi connectivity index (χ2n) is 4.43. The molecule has 94 valence electrons. The minimum Gasteiger partial charge on any atom is -0.412 e. The van der Waals surface area contributed by atoms with Gasteiger partial charge in [0.15, 0.2) is 0 Å². The first-order valence-electron chi connectivity index (χ1n) is 6.18. The highest BCUT2D eigenvalue weighted by Crippen LogP contribution is 2.11. The Hall–Kier alpha value is -1.35. The van der Waals surface area contributed by atoms with E-state index < -0.39 is 0 Å². The molecule has 1 aliphatic rings. The van der Waals surface area contributed by atoms with Crippen LogP contribution in [0.3, 0.4) is 0 Å². The van der Waals surface area contributed by atoms with Gasteiger partial charge in [0.25, 0.3) is 0 Å². The molecule has 0 atom stereocenters. The van der Waals surface area contributed by atoms with Gasteiger partial charge in [0.1, 0.15) is 0 Å². The quantitative estimate of drug-likeness (QED) is 0.718. The maximum atomic E-state index is 11.4. The van der Waals surface area contributed by atoms with Crippen molar-refractivity contribution in [3.05, 3.63) is 35.9 Å². The number of amides is 1. The molecule has 1 fully saturated rings. The van der Waals surface area contributed by atoms with E-state index in [-0.39, 0.29) is 5.48 Å². The van der Waals surface area contributed by atoms with Crippen LogP contribution in [0.4, 0.5) is 0 Å². The van der Waals surface area contributed by atoms with Crippen molar-refractivity contribution in [3.8, 4) is 0 Å². The number of carbonyl (C=O) groups excluding carboxylic acids is 1. The second kappa shape index (κ2) is 7.07. The number of hydrogen-bond acceptors (Lipinski definition) is 1. The van der Waals surface area contributed by atoms with Crippen molar-refractivity contribution < 1.29 is 10.3 Å². The summed E-state index contributed by atoms with van der Waals surface area (Å²) in [4.78, 5) is 13.4. The fourth-order valence-corrected chi connectivity index (χ4v) is 2.22. The highest BCUT2D eigenvalue weighted by molar-refractivity contribution is 5.77. The first-order valence-corrected chi connectivity index (χ1v) is 6.18. The monoisotopic (exact) mass is 235 g/mol. The molecule has 0 saturated carbocycles. The van der Waals surface area contributed by atoms with Crippen LogP contribution in [0.25, 0.3) is 0 Å². The van der Waals surface area contributed by atoms with Crippen molar-refractivity contribution in [2.24, 2.45) is 0 Å². The normalized spacial score (nSPS) is 14.8. The van der Waals surface area contributed by atoms with E-state index in [1.54, 1.807) is 0 Å². The van der Waals surface area contributed by atoms with Crippen molar-refractivity contribution in [1.82, 2.24) is 4.90 Å². The van der Waals surface area contributed by atoms with Gasteiger partial charge in [0.2, 0.25) is 5.91 Å². The third-order valence-electron chi connectivity index (χ3n) is 3.16. The molecule has 0 aromatic heterocycles. The summed E-state index contributed by atoms with van der Waals surface area (Å²) in [5.74, 6) is 0.347. The number of unbranched alkanes of at least 4 members (excludes halogenated alkanes) is 1. The fourth-order valence-electron chi connectivity index (χ4n) is 2.22. The Morgan fingerprint density at radius 3 is 2.53 bits per heavy atom. The Morgan fingerprint density at radius 2 is 1.88 bits per heavy atom. The molecule has 1 saturated heterocycles. The SMILES string of the molecule is O.O=C1CCCN1CCCCc1ccccc1. The summed E-state index contributed by atoms with van der Waals surface area (Å²) >= 11 is 0. The largest absolute Gasteiger partial charge is 0.412 e. The van der Waals surface area contributed by atoms with E-state index >= 15 is 0 Å². The summed E-state index contributed by atoms with van der Waals surface area (Å²) < 4.78 is 0. The molecule has 0 unspecified atom stereocenters. The average Bonchev–Trinajstić information content (AvgIpc) is 2.72. The Labute approximate surface area is 103 Å². The Morgan fingerprint density at radius 1 is 1.12 bits per heavy atom. The van der Waals surface area contributed by atoms with Gasteiger partial charge in [-0.1, -0.05) is 30.3 Å². The minimum absolute atomic E-state index is 0. The van der Waals surface area contributed by atoms with E-state index in [4.69, 9.17) is 0 Å². The smallest absolute Gasteiger partial charge is 0.222 e. The van der Waals surface area contributed by atoms with Gasteiger partial charge < -0.3 is 10.4 Å². The molecule has 1 aliphatic heterocycles. The zero-order chi connectivity index (χ0) is 11.2. The molecule has 2 N–H and O–H groups in total. The summed E-state index contributed by atoms with van der Waals surface area (Å²) in [6.45, 7) is 1.93. The summed E-state index contributed by atoms with van der Waals surface area (Å²) in [5, 5.41) is 0. The minimum atomic E-state index is 0. The van der Waals surface area contributed by atoms with Crippen LogP contribution < -0.4 is 0 Å². The third-order valence-corrected chi connectivity index (χ3v) is 3.16. The lowest BCUT2D eigenvalue weighted by atomic mass is 10.1. The van der Waals surface area contributed by atoms with Gasteiger partial charge in [-0.2, -0.15) is 0 Å². The van der Waals surface area contributed by atoms with Gasteiger partial charge in [0.05, 0.1) is 0 Å². The van der Waals surface area contributed by atoms with Gasteiger partial charge in [0, 0.05) is 19.5 Å². The maximum Gasteiger partial charge on any atom is 0.222 e. The molecule has 3 heteroatoms. The predicted molar refractivity (Wildman–Crippen MR) is 68.8 cm³/mol. The highest BCUT2D eigenvalue weighted by Gasteiger charge is 2.18. The predicted octanol–water partition coefficient (Wildman–Crippen LogP) is 1.81. The number of hydrogen-bond donors (Lipinski definition) is 0. The third kappa shape index (κ3) is 4.19. The Bertz CT molecular complexity index is 337. The maximum absolute atomic E-state index is 11.4. The molecule has 2 rings (SSSR count). The van der Waals surface area contributed by atoms with Crippen LogP contribution in [0.15, 0.2) is 30.3 Å². The Balaban J connectivity index is 0.00000144. The molecule has 3 nitrogen and oxygen atoms in total. The first-order chi connectivity index (χ1) is 7.86. The van der Waals surface area contributed by atoms with Crippen molar-refractivity contribution in [2.45, 2.75) is 32.1 Å². The number of rotatable bonds is 5. The Kier molecular flexibility index (Phi) is 5.70. The summed E-state index contributed by atoms with van der Waals surface area (Å²) in [6, 6.07) is 10.5.